The first-order chi connectivity index (χ1) is 13.6. The van der Waals surface area contributed by atoms with Crippen molar-refractivity contribution < 1.29 is 14.7 Å². The molecule has 1 N–H and O–H groups in total. The summed E-state index contributed by atoms with van der Waals surface area (Å²) in [6.45, 7) is 7.13. The van der Waals surface area contributed by atoms with Gasteiger partial charge in [0.25, 0.3) is 0 Å². The lowest BCUT2D eigenvalue weighted by molar-refractivity contribution is -0.142. The first-order valence-corrected chi connectivity index (χ1v) is 10.6. The van der Waals surface area contributed by atoms with Gasteiger partial charge in [-0.15, -0.1) is 0 Å². The highest BCUT2D eigenvalue weighted by atomic mass is 16.4. The van der Waals surface area contributed by atoms with Crippen LogP contribution in [0.4, 0.5) is 0 Å². The Kier molecular flexibility index (Phi) is 7.45. The summed E-state index contributed by atoms with van der Waals surface area (Å²) in [4.78, 5) is 30.5. The van der Waals surface area contributed by atoms with Gasteiger partial charge in [0.05, 0.1) is 12.5 Å². The lowest BCUT2D eigenvalue weighted by Gasteiger charge is -2.40. The number of carbonyl (C=O) groups excluding carboxylic acids is 1. The summed E-state index contributed by atoms with van der Waals surface area (Å²) in [5.41, 5.74) is 1.30. The zero-order valence-corrected chi connectivity index (χ0v) is 16.9. The number of aliphatic carboxylic acids is 1. The van der Waals surface area contributed by atoms with Gasteiger partial charge in [-0.25, -0.2) is 0 Å². The summed E-state index contributed by atoms with van der Waals surface area (Å²) in [6, 6.07) is 10.7. The van der Waals surface area contributed by atoms with Crippen LogP contribution in [0, 0.1) is 5.92 Å². The van der Waals surface area contributed by atoms with Gasteiger partial charge in [-0.1, -0.05) is 37.3 Å². The molecule has 0 saturated carbocycles. The van der Waals surface area contributed by atoms with E-state index >= 15 is 0 Å². The van der Waals surface area contributed by atoms with E-state index in [-0.39, 0.29) is 24.4 Å². The maximum Gasteiger partial charge on any atom is 0.317 e. The highest BCUT2D eigenvalue weighted by Crippen LogP contribution is 2.24. The Hall–Kier alpha value is -1.92. The van der Waals surface area contributed by atoms with Crippen LogP contribution in [-0.2, 0) is 16.1 Å². The second kappa shape index (κ2) is 10.0. The van der Waals surface area contributed by atoms with E-state index < -0.39 is 5.97 Å². The number of likely N-dealkylation sites (tertiary alicyclic amines) is 2. The minimum Gasteiger partial charge on any atom is -0.480 e. The Morgan fingerprint density at radius 3 is 2.46 bits per heavy atom. The van der Waals surface area contributed by atoms with Crippen molar-refractivity contribution in [2.45, 2.75) is 45.2 Å². The first-order valence-electron chi connectivity index (χ1n) is 10.6. The van der Waals surface area contributed by atoms with Crippen LogP contribution in [0.5, 0.6) is 0 Å². The van der Waals surface area contributed by atoms with Crippen molar-refractivity contribution >= 4 is 11.9 Å². The molecule has 3 rings (SSSR count). The Labute approximate surface area is 168 Å². The van der Waals surface area contributed by atoms with Crippen molar-refractivity contribution in [3.05, 3.63) is 35.9 Å². The van der Waals surface area contributed by atoms with Crippen molar-refractivity contribution in [2.24, 2.45) is 5.92 Å². The van der Waals surface area contributed by atoms with Crippen molar-refractivity contribution in [2.75, 3.05) is 39.3 Å². The number of nitrogens with zero attached hydrogens (tertiary/aromatic N) is 3. The van der Waals surface area contributed by atoms with E-state index in [0.29, 0.717) is 0 Å². The molecule has 2 saturated heterocycles. The summed E-state index contributed by atoms with van der Waals surface area (Å²) in [5, 5.41) is 9.08. The lowest BCUT2D eigenvalue weighted by Crippen LogP contribution is -2.51. The third-order valence-electron chi connectivity index (χ3n) is 6.14. The summed E-state index contributed by atoms with van der Waals surface area (Å²) in [7, 11) is 0. The molecule has 0 aromatic heterocycles. The number of piperidine rings is 2. The summed E-state index contributed by atoms with van der Waals surface area (Å²) >= 11 is 0. The highest BCUT2D eigenvalue weighted by Gasteiger charge is 2.32. The van der Waals surface area contributed by atoms with E-state index in [2.05, 4.69) is 29.2 Å². The average Bonchev–Trinajstić information content (AvgIpc) is 2.72. The van der Waals surface area contributed by atoms with Gasteiger partial charge in [0.15, 0.2) is 0 Å². The molecule has 1 aromatic carbocycles. The summed E-state index contributed by atoms with van der Waals surface area (Å²) in [5.74, 6) is -0.395. The molecule has 2 fully saturated rings. The van der Waals surface area contributed by atoms with Gasteiger partial charge in [-0.2, -0.15) is 0 Å². The molecule has 1 amide bonds. The minimum atomic E-state index is -0.777. The van der Waals surface area contributed by atoms with E-state index in [4.69, 9.17) is 5.11 Å². The quantitative estimate of drug-likeness (QED) is 0.778. The number of carbonyl (C=O) groups is 2. The fraction of sp³-hybridized carbons (Fsp3) is 0.636. The molecule has 2 aliphatic rings. The molecule has 6 heteroatoms. The van der Waals surface area contributed by atoms with Gasteiger partial charge in [0.1, 0.15) is 0 Å². The topological polar surface area (TPSA) is 64.1 Å². The third-order valence-corrected chi connectivity index (χ3v) is 6.14. The number of carboxylic acid groups (broad SMARTS) is 1. The number of hydrogen-bond donors (Lipinski definition) is 1. The molecular weight excluding hydrogens is 354 g/mol. The second-order valence-corrected chi connectivity index (χ2v) is 8.07. The average molecular weight is 388 g/mol. The van der Waals surface area contributed by atoms with E-state index in [1.807, 2.05) is 22.8 Å². The van der Waals surface area contributed by atoms with Crippen LogP contribution in [0.3, 0.4) is 0 Å². The monoisotopic (exact) mass is 387 g/mol. The fourth-order valence-corrected chi connectivity index (χ4v) is 4.62. The van der Waals surface area contributed by atoms with Crippen LogP contribution in [-0.4, -0.2) is 77.0 Å². The molecule has 2 heterocycles. The van der Waals surface area contributed by atoms with Gasteiger partial charge in [-0.3, -0.25) is 19.4 Å². The summed E-state index contributed by atoms with van der Waals surface area (Å²) in [6.07, 6.45) is 3.78. The molecule has 154 valence electrons. The van der Waals surface area contributed by atoms with Crippen LogP contribution in [0.1, 0.15) is 38.2 Å². The van der Waals surface area contributed by atoms with Crippen molar-refractivity contribution in [3.8, 4) is 0 Å². The van der Waals surface area contributed by atoms with Crippen LogP contribution in [0.25, 0.3) is 0 Å². The van der Waals surface area contributed by atoms with E-state index in [1.165, 1.54) is 5.56 Å². The molecular formula is C22H33N3O3. The lowest BCUT2D eigenvalue weighted by atomic mass is 9.94. The molecule has 0 bridgehead atoms. The molecule has 1 aromatic rings. The SMILES string of the molecule is CCN(CC(=O)O)C1CCN(C(=O)[C@H]2CCCN(Cc3ccccc3)C2)CC1. The molecule has 1 atom stereocenters. The van der Waals surface area contributed by atoms with Crippen molar-refractivity contribution in [3.63, 3.8) is 0 Å². The van der Waals surface area contributed by atoms with Gasteiger partial charge in [-0.05, 0) is 44.3 Å². The second-order valence-electron chi connectivity index (χ2n) is 8.07. The maximum atomic E-state index is 13.1. The summed E-state index contributed by atoms with van der Waals surface area (Å²) < 4.78 is 0. The molecule has 2 aliphatic heterocycles. The molecule has 0 spiro atoms. The van der Waals surface area contributed by atoms with E-state index in [0.717, 1.165) is 65.0 Å². The number of likely N-dealkylation sites (N-methyl/N-ethyl adjacent to an activating group) is 1. The number of amides is 1. The van der Waals surface area contributed by atoms with Gasteiger partial charge < -0.3 is 10.0 Å². The largest absolute Gasteiger partial charge is 0.480 e. The maximum absolute atomic E-state index is 13.1. The predicted molar refractivity (Wildman–Crippen MR) is 109 cm³/mol. The van der Waals surface area contributed by atoms with Crippen LogP contribution in [0.15, 0.2) is 30.3 Å². The number of carboxylic acids is 1. The van der Waals surface area contributed by atoms with E-state index in [9.17, 15) is 9.59 Å². The molecule has 0 radical (unpaired) electrons. The number of benzene rings is 1. The van der Waals surface area contributed by atoms with Crippen molar-refractivity contribution in [1.82, 2.24) is 14.7 Å². The first kappa shape index (κ1) is 20.8. The normalized spacial score (nSPS) is 21.8. The number of rotatable bonds is 7. The predicted octanol–water partition coefficient (Wildman–Crippen LogP) is 2.30. The Balaban J connectivity index is 1.49. The van der Waals surface area contributed by atoms with E-state index in [1.54, 1.807) is 0 Å². The molecule has 0 unspecified atom stereocenters. The van der Waals surface area contributed by atoms with Crippen LogP contribution in [0.2, 0.25) is 0 Å². The minimum absolute atomic E-state index is 0.0895. The molecule has 6 nitrogen and oxygen atoms in total. The van der Waals surface area contributed by atoms with Gasteiger partial charge >= 0.3 is 5.97 Å². The standard InChI is InChI=1S/C22H33N3O3/c1-2-24(17-21(26)27)20-10-13-25(14-11-20)22(28)19-9-6-12-23(16-19)15-18-7-4-3-5-8-18/h3-5,7-8,19-20H,2,6,9-17H2,1H3,(H,26,27)/t19-/m0/s1. The molecule has 0 aliphatic carbocycles. The van der Waals surface area contributed by atoms with Gasteiger partial charge in [0, 0.05) is 32.2 Å². The smallest absolute Gasteiger partial charge is 0.317 e. The van der Waals surface area contributed by atoms with Crippen LogP contribution >= 0.6 is 0 Å². The number of hydrogen-bond acceptors (Lipinski definition) is 4. The van der Waals surface area contributed by atoms with Crippen molar-refractivity contribution in [1.29, 1.82) is 0 Å². The molecule has 28 heavy (non-hydrogen) atoms. The Morgan fingerprint density at radius 2 is 1.82 bits per heavy atom. The zero-order chi connectivity index (χ0) is 19.9. The Bertz CT molecular complexity index is 644. The Morgan fingerprint density at radius 1 is 1.11 bits per heavy atom. The van der Waals surface area contributed by atoms with Gasteiger partial charge in [0.2, 0.25) is 5.91 Å². The highest BCUT2D eigenvalue weighted by molar-refractivity contribution is 5.79. The third kappa shape index (κ3) is 5.55. The zero-order valence-electron chi connectivity index (χ0n) is 16.9. The fourth-order valence-electron chi connectivity index (χ4n) is 4.62. The van der Waals surface area contributed by atoms with Crippen LogP contribution < -0.4 is 0 Å².